The topological polar surface area (TPSA) is 123 Å². The van der Waals surface area contributed by atoms with Crippen LogP contribution in [0.25, 0.3) is 189 Å². The van der Waals surface area contributed by atoms with Gasteiger partial charge >= 0.3 is 0 Å². The van der Waals surface area contributed by atoms with Crippen LogP contribution in [0, 0.1) is 0 Å². The quantitative estimate of drug-likeness (QED) is 0.125. The molecule has 0 unspecified atom stereocenters. The van der Waals surface area contributed by atoms with Gasteiger partial charge in [0.15, 0.2) is 17.5 Å². The van der Waals surface area contributed by atoms with Crippen molar-refractivity contribution in [2.75, 3.05) is 0 Å². The Morgan fingerprint density at radius 3 is 0.962 bits per heavy atom. The predicted octanol–water partition coefficient (Wildman–Crippen LogP) is 22.6. The van der Waals surface area contributed by atoms with Crippen LogP contribution in [0.2, 0.25) is 0 Å². The van der Waals surface area contributed by atoms with Gasteiger partial charge in [-0.3, -0.25) is 19.9 Å². The summed E-state index contributed by atoms with van der Waals surface area (Å²) in [5, 5.41) is 7.00. The Labute approximate surface area is 608 Å². The highest BCUT2D eigenvalue weighted by molar-refractivity contribution is 6.14. The lowest BCUT2D eigenvalue weighted by atomic mass is 10.0. The molecule has 0 saturated heterocycles. The summed E-state index contributed by atoms with van der Waals surface area (Å²) in [5.41, 5.74) is 25.8. The summed E-state index contributed by atoms with van der Waals surface area (Å²) in [5.74, 6) is 1.91. The van der Waals surface area contributed by atoms with E-state index in [4.69, 9.17) is 29.9 Å². The van der Waals surface area contributed by atoms with Crippen LogP contribution in [-0.2, 0) is 0 Å². The highest BCUT2D eigenvalue weighted by atomic mass is 15.0. The van der Waals surface area contributed by atoms with Crippen molar-refractivity contribution in [1.82, 2.24) is 58.1 Å². The van der Waals surface area contributed by atoms with Crippen molar-refractivity contribution in [3.05, 3.63) is 365 Å². The zero-order valence-corrected chi connectivity index (χ0v) is 57.0. The lowest BCUT2D eigenvalue weighted by molar-refractivity contribution is 1.07. The van der Waals surface area contributed by atoms with E-state index in [0.29, 0.717) is 17.5 Å². The van der Waals surface area contributed by atoms with Gasteiger partial charge in [-0.15, -0.1) is 0 Å². The second kappa shape index (κ2) is 25.8. The molecule has 0 amide bonds. The van der Waals surface area contributed by atoms with E-state index in [1.807, 2.05) is 128 Å². The number of hydrogen-bond acceptors (Lipinski definition) is 8. The summed E-state index contributed by atoms with van der Waals surface area (Å²) in [6.07, 6.45) is 7.37. The van der Waals surface area contributed by atoms with E-state index >= 15 is 0 Å². The number of nitrogens with zero attached hydrogens (tertiary/aromatic N) is 12. The van der Waals surface area contributed by atoms with Crippen molar-refractivity contribution in [1.29, 1.82) is 0 Å². The zero-order valence-electron chi connectivity index (χ0n) is 57.0. The molecule has 10 aromatic heterocycles. The maximum Gasteiger partial charge on any atom is 0.164 e. The first kappa shape index (κ1) is 61.3. The number of fused-ring (bicyclic) bond motifs is 12. The van der Waals surface area contributed by atoms with Crippen LogP contribution < -0.4 is 0 Å². The maximum atomic E-state index is 5.02. The Balaban J connectivity index is 0.000000141. The van der Waals surface area contributed by atoms with Gasteiger partial charge in [-0.25, -0.2) is 19.9 Å². The molecule has 0 fully saturated rings. The SMILES string of the molecule is c1ccc(-c2nc(-c3ccccc3)nc(-c3cccc(-n4c5ccccc5c5cc(-c6ccc7c(c6)c6ncccc6n7-c6ccccc6)ccc54)c3)n2)cc1.c1ccc(-n2c3ccc(-c4ccc5c(c4)c4ccccc4n5-c4cc(-c5ccccn5)nc(-c5ccccn5)c4)cc3c3ncccc32)cc1. The Morgan fingerprint density at radius 2 is 0.509 bits per heavy atom. The molecule has 0 N–H and O–H groups in total. The average molecular weight is 1360 g/mol. The Kier molecular flexibility index (Phi) is 14.9. The van der Waals surface area contributed by atoms with Crippen molar-refractivity contribution < 1.29 is 0 Å². The number of aromatic nitrogens is 12. The van der Waals surface area contributed by atoms with Gasteiger partial charge < -0.3 is 18.3 Å². The molecule has 10 heterocycles. The van der Waals surface area contributed by atoms with Crippen molar-refractivity contribution in [3.63, 3.8) is 0 Å². The highest BCUT2D eigenvalue weighted by Gasteiger charge is 2.22. The Hall–Kier alpha value is -14.6. The first-order chi connectivity index (χ1) is 52.6. The van der Waals surface area contributed by atoms with E-state index in [0.717, 1.165) is 150 Å². The van der Waals surface area contributed by atoms with Gasteiger partial charge in [-0.2, -0.15) is 0 Å². The minimum atomic E-state index is 0.626. The summed E-state index contributed by atoms with van der Waals surface area (Å²) in [7, 11) is 0. The third-order valence-corrected chi connectivity index (χ3v) is 20.1. The fourth-order valence-corrected chi connectivity index (χ4v) is 15.3. The van der Waals surface area contributed by atoms with E-state index in [9.17, 15) is 0 Å². The lowest BCUT2D eigenvalue weighted by Gasteiger charge is -2.13. The summed E-state index contributed by atoms with van der Waals surface area (Å²) in [6, 6.07) is 118. The first-order valence-corrected chi connectivity index (χ1v) is 35.4. The molecule has 496 valence electrons. The van der Waals surface area contributed by atoms with E-state index in [-0.39, 0.29) is 0 Å². The van der Waals surface area contributed by atoms with Gasteiger partial charge in [-0.05, 0) is 180 Å². The molecule has 11 aromatic carbocycles. The monoisotopic (exact) mass is 1360 g/mol. The number of pyridine rings is 5. The van der Waals surface area contributed by atoms with Gasteiger partial charge in [0.05, 0.1) is 83.6 Å². The van der Waals surface area contributed by atoms with Gasteiger partial charge in [0.25, 0.3) is 0 Å². The molecule has 0 radical (unpaired) electrons. The van der Waals surface area contributed by atoms with Crippen molar-refractivity contribution in [2.45, 2.75) is 0 Å². The fraction of sp³-hybridized carbons (Fsp3) is 0. The van der Waals surface area contributed by atoms with Crippen LogP contribution in [0.4, 0.5) is 0 Å². The van der Waals surface area contributed by atoms with E-state index in [1.165, 1.54) is 21.5 Å². The van der Waals surface area contributed by atoms with Crippen LogP contribution in [0.3, 0.4) is 0 Å². The molecule has 12 nitrogen and oxygen atoms in total. The van der Waals surface area contributed by atoms with Crippen LogP contribution in [-0.4, -0.2) is 58.1 Å². The summed E-state index contributed by atoms with van der Waals surface area (Å²) < 4.78 is 9.27. The second-order valence-corrected chi connectivity index (χ2v) is 26.3. The molecule has 0 atom stereocenters. The highest BCUT2D eigenvalue weighted by Crippen LogP contribution is 2.42. The molecule has 21 rings (SSSR count). The number of para-hydroxylation sites is 4. The second-order valence-electron chi connectivity index (χ2n) is 26.3. The smallest absolute Gasteiger partial charge is 0.164 e. The maximum absolute atomic E-state index is 5.02. The molecular weight excluding hydrogens is 1300 g/mol. The molecule has 106 heavy (non-hydrogen) atoms. The van der Waals surface area contributed by atoms with Crippen molar-refractivity contribution in [3.8, 4) is 102 Å². The third kappa shape index (κ3) is 10.7. The van der Waals surface area contributed by atoms with Gasteiger partial charge in [0.1, 0.15) is 0 Å². The number of hydrogen-bond donors (Lipinski definition) is 0. The Bertz CT molecular complexity index is 6820. The van der Waals surface area contributed by atoms with Gasteiger partial charge in [0.2, 0.25) is 0 Å². The third-order valence-electron chi connectivity index (χ3n) is 20.1. The average Bonchev–Trinajstić information content (AvgIpc) is 1.59. The lowest BCUT2D eigenvalue weighted by Crippen LogP contribution is -2.01. The van der Waals surface area contributed by atoms with Gasteiger partial charge in [0, 0.05) is 90.9 Å². The molecule has 12 heteroatoms. The van der Waals surface area contributed by atoms with Crippen LogP contribution in [0.1, 0.15) is 0 Å². The normalized spacial score (nSPS) is 11.6. The summed E-state index contributed by atoms with van der Waals surface area (Å²) >= 11 is 0. The first-order valence-electron chi connectivity index (χ1n) is 35.4. The van der Waals surface area contributed by atoms with Crippen molar-refractivity contribution >= 4 is 87.5 Å². The summed E-state index contributed by atoms with van der Waals surface area (Å²) in [6.45, 7) is 0. The molecule has 0 saturated carbocycles. The predicted molar refractivity (Wildman–Crippen MR) is 431 cm³/mol. The zero-order chi connectivity index (χ0) is 70.0. The summed E-state index contributed by atoms with van der Waals surface area (Å²) in [4.78, 5) is 38.9. The molecule has 0 aliphatic heterocycles. The largest absolute Gasteiger partial charge is 0.309 e. The van der Waals surface area contributed by atoms with Crippen LogP contribution >= 0.6 is 0 Å². The molecule has 0 aliphatic rings. The fourth-order valence-electron chi connectivity index (χ4n) is 15.3. The molecule has 0 spiro atoms. The van der Waals surface area contributed by atoms with Crippen LogP contribution in [0.5, 0.6) is 0 Å². The number of rotatable bonds is 11. The van der Waals surface area contributed by atoms with E-state index in [1.54, 1.807) is 12.4 Å². The van der Waals surface area contributed by atoms with E-state index in [2.05, 4.69) is 253 Å². The van der Waals surface area contributed by atoms with Crippen LogP contribution in [0.15, 0.2) is 365 Å². The number of benzene rings is 11. The Morgan fingerprint density at radius 1 is 0.170 bits per heavy atom. The standard InChI is InChI=1S/C50H32N6.C44H28N6/c1-4-14-33(15-5-1)48-52-49(34-16-6-2-7-17-34)54-50(53-48)37-18-12-21-39(30-37)56-43-23-11-10-22-40(43)41-31-35(25-27-44(41)56)36-26-28-45-42(32-36)47-46(24-13-29-51-47)55(45)38-19-8-3-9-20-38;1-2-11-31(12-3-1)49-42-21-19-30(26-35(42)44-43(49)17-10-24-47-44)29-18-20-41-34(25-29)33-13-4-5-16-40(33)50(41)32-27-38(36-14-6-8-22-45-36)48-39(28-32)37-15-7-9-23-46-37/h1-32H;1-28H. The minimum absolute atomic E-state index is 0.626. The van der Waals surface area contributed by atoms with E-state index < -0.39 is 0 Å². The minimum Gasteiger partial charge on any atom is -0.309 e. The molecule has 0 aliphatic carbocycles. The van der Waals surface area contributed by atoms with Gasteiger partial charge in [-0.1, -0.05) is 182 Å². The molecular formula is C94H60N12. The molecule has 21 aromatic rings. The van der Waals surface area contributed by atoms with Crippen molar-refractivity contribution in [2.24, 2.45) is 0 Å². The molecule has 0 bridgehead atoms.